The molecule has 4 rings (SSSR count). The molecule has 3 aromatic heterocycles. The summed E-state index contributed by atoms with van der Waals surface area (Å²) in [6.45, 7) is 1.18. The molecule has 0 bridgehead atoms. The zero-order valence-electron chi connectivity index (χ0n) is 15.9. The van der Waals surface area contributed by atoms with Crippen LogP contribution in [0.4, 0.5) is 11.4 Å². The van der Waals surface area contributed by atoms with E-state index in [2.05, 4.69) is 20.4 Å². The zero-order valence-corrected chi connectivity index (χ0v) is 15.9. The summed E-state index contributed by atoms with van der Waals surface area (Å²) in [5.41, 5.74) is 4.02. The van der Waals surface area contributed by atoms with Crippen molar-refractivity contribution in [1.29, 1.82) is 0 Å². The van der Waals surface area contributed by atoms with Gasteiger partial charge < -0.3 is 14.8 Å². The molecule has 10 heteroatoms. The van der Waals surface area contributed by atoms with Gasteiger partial charge in [0, 0.05) is 43.3 Å². The van der Waals surface area contributed by atoms with Crippen LogP contribution in [0, 0.1) is 5.92 Å². The monoisotopic (exact) mass is 398 g/mol. The van der Waals surface area contributed by atoms with Crippen molar-refractivity contribution in [3.8, 4) is 5.88 Å². The van der Waals surface area contributed by atoms with Crippen LogP contribution in [0.25, 0.3) is 10.9 Å². The lowest BCUT2D eigenvalue weighted by atomic mass is 9.91. The Bertz CT molecular complexity index is 1000. The predicted molar refractivity (Wildman–Crippen MR) is 104 cm³/mol. The summed E-state index contributed by atoms with van der Waals surface area (Å²) in [4.78, 5) is 20.9. The first kappa shape index (κ1) is 19.1. The molecule has 0 aromatic carbocycles. The molecule has 4 heterocycles. The summed E-state index contributed by atoms with van der Waals surface area (Å²) < 4.78 is 12.1. The molecule has 1 fully saturated rings. The van der Waals surface area contributed by atoms with Crippen molar-refractivity contribution in [3.05, 3.63) is 36.9 Å². The second kappa shape index (κ2) is 8.41. The van der Waals surface area contributed by atoms with Crippen molar-refractivity contribution in [3.63, 3.8) is 0 Å². The van der Waals surface area contributed by atoms with Crippen LogP contribution in [0.1, 0.15) is 18.9 Å². The Kier molecular flexibility index (Phi) is 5.54. The molecular formula is C19H22N6O4. The number of nitrogens with one attached hydrogen (secondary N) is 2. The van der Waals surface area contributed by atoms with E-state index in [1.165, 1.54) is 0 Å². The van der Waals surface area contributed by atoms with E-state index in [0.29, 0.717) is 24.8 Å². The Hall–Kier alpha value is -3.24. The molecule has 1 saturated heterocycles. The first-order valence-corrected chi connectivity index (χ1v) is 9.31. The van der Waals surface area contributed by atoms with Crippen molar-refractivity contribution in [2.24, 2.45) is 5.92 Å². The van der Waals surface area contributed by atoms with Gasteiger partial charge in [0.15, 0.2) is 0 Å². The molecule has 3 aromatic rings. The maximum absolute atomic E-state index is 12.3. The highest BCUT2D eigenvalue weighted by atomic mass is 16.5. The number of fused-ring (bicyclic) bond motifs is 1. The number of rotatable bonds is 6. The second-order valence-corrected chi connectivity index (χ2v) is 6.81. The van der Waals surface area contributed by atoms with E-state index in [4.69, 9.17) is 9.47 Å². The summed E-state index contributed by atoms with van der Waals surface area (Å²) in [5, 5.41) is 17.7. The van der Waals surface area contributed by atoms with Gasteiger partial charge >= 0.3 is 0 Å². The van der Waals surface area contributed by atoms with E-state index in [9.17, 15) is 10.0 Å². The topological polar surface area (TPSA) is 123 Å². The fraction of sp³-hybridized carbons (Fsp3) is 0.368. The van der Waals surface area contributed by atoms with Crippen LogP contribution in [0.15, 0.2) is 36.9 Å². The minimum absolute atomic E-state index is 0.0297. The van der Waals surface area contributed by atoms with Gasteiger partial charge in [-0.3, -0.25) is 19.7 Å². The Morgan fingerprint density at radius 2 is 2.17 bits per heavy atom. The molecule has 0 spiro atoms. The second-order valence-electron chi connectivity index (χ2n) is 6.81. The van der Waals surface area contributed by atoms with Gasteiger partial charge in [0.2, 0.25) is 5.88 Å². The van der Waals surface area contributed by atoms with Crippen LogP contribution in [-0.2, 0) is 9.53 Å². The average Bonchev–Trinajstić information content (AvgIpc) is 3.22. The number of nitrogens with zero attached hydrogens (tertiary/aromatic N) is 4. The number of ether oxygens (including phenoxy) is 2. The number of pyridine rings is 2. The van der Waals surface area contributed by atoms with Crippen molar-refractivity contribution < 1.29 is 19.5 Å². The van der Waals surface area contributed by atoms with Crippen molar-refractivity contribution in [2.75, 3.05) is 25.6 Å². The summed E-state index contributed by atoms with van der Waals surface area (Å²) in [6, 6.07) is 2.99. The summed E-state index contributed by atoms with van der Waals surface area (Å²) in [7, 11) is 1.56. The third-order valence-corrected chi connectivity index (χ3v) is 5.07. The van der Waals surface area contributed by atoms with Gasteiger partial charge in [-0.25, -0.2) is 10.5 Å². The fourth-order valence-electron chi connectivity index (χ4n) is 3.60. The summed E-state index contributed by atoms with van der Waals surface area (Å²) >= 11 is 0. The van der Waals surface area contributed by atoms with Gasteiger partial charge in [0.1, 0.15) is 6.04 Å². The summed E-state index contributed by atoms with van der Waals surface area (Å²) in [5.74, 6) is 0.0311. The molecule has 0 saturated carbocycles. The van der Waals surface area contributed by atoms with E-state index in [-0.39, 0.29) is 5.92 Å². The fourth-order valence-corrected chi connectivity index (χ4v) is 3.60. The van der Waals surface area contributed by atoms with Gasteiger partial charge in [-0.15, -0.1) is 0 Å². The predicted octanol–water partition coefficient (Wildman–Crippen LogP) is 2.05. The van der Waals surface area contributed by atoms with Crippen LogP contribution in [0.5, 0.6) is 5.88 Å². The Morgan fingerprint density at radius 3 is 2.93 bits per heavy atom. The maximum Gasteiger partial charge on any atom is 0.268 e. The third-order valence-electron chi connectivity index (χ3n) is 5.07. The van der Waals surface area contributed by atoms with Gasteiger partial charge in [-0.05, 0) is 24.8 Å². The lowest BCUT2D eigenvalue weighted by molar-refractivity contribution is -0.135. The standard InChI is InChI=1S/C19H22N6O4/c1-28-17-8-16-14(10-21-17)15(2-5-20-16)23-13-9-22-25(11-13)18(19(26)24-27)12-3-6-29-7-4-12/h2,5,8-12,18,27H,3-4,6-7H2,1H3,(H,20,23)(H,24,26). The lowest BCUT2D eigenvalue weighted by Gasteiger charge is -2.28. The van der Waals surface area contributed by atoms with Crippen molar-refractivity contribution in [1.82, 2.24) is 25.2 Å². The van der Waals surface area contributed by atoms with Gasteiger partial charge in [-0.2, -0.15) is 5.10 Å². The molecule has 1 aliphatic rings. The van der Waals surface area contributed by atoms with Crippen LogP contribution in [-0.4, -0.2) is 51.2 Å². The van der Waals surface area contributed by atoms with E-state index in [0.717, 1.165) is 29.4 Å². The molecule has 0 radical (unpaired) electrons. The number of carbonyl (C=O) groups is 1. The number of amides is 1. The molecule has 1 unspecified atom stereocenters. The molecule has 152 valence electrons. The third kappa shape index (κ3) is 3.98. The van der Waals surface area contributed by atoms with Gasteiger partial charge in [0.05, 0.1) is 30.2 Å². The van der Waals surface area contributed by atoms with E-state index >= 15 is 0 Å². The van der Waals surface area contributed by atoms with Crippen LogP contribution in [0.3, 0.4) is 0 Å². The highest BCUT2D eigenvalue weighted by Gasteiger charge is 2.32. The zero-order chi connectivity index (χ0) is 20.2. The molecule has 1 atom stereocenters. The first-order valence-electron chi connectivity index (χ1n) is 9.31. The minimum atomic E-state index is -0.612. The Labute approximate surface area is 166 Å². The molecule has 1 amide bonds. The van der Waals surface area contributed by atoms with E-state index in [1.807, 2.05) is 6.07 Å². The number of hydrogen-bond donors (Lipinski definition) is 3. The number of hydrogen-bond acceptors (Lipinski definition) is 8. The van der Waals surface area contributed by atoms with E-state index in [1.54, 1.807) is 48.1 Å². The average molecular weight is 398 g/mol. The van der Waals surface area contributed by atoms with E-state index < -0.39 is 11.9 Å². The number of carbonyl (C=O) groups excluding carboxylic acids is 1. The van der Waals surface area contributed by atoms with Crippen LogP contribution < -0.4 is 15.5 Å². The normalized spacial score (nSPS) is 15.8. The Balaban J connectivity index is 1.60. The highest BCUT2D eigenvalue weighted by molar-refractivity contribution is 5.92. The molecule has 29 heavy (non-hydrogen) atoms. The SMILES string of the molecule is COc1cc2nccc(Nc3cnn(C(C(=O)NO)C4CCOCC4)c3)c2cn1. The smallest absolute Gasteiger partial charge is 0.268 e. The Morgan fingerprint density at radius 1 is 1.34 bits per heavy atom. The molecule has 0 aliphatic carbocycles. The van der Waals surface area contributed by atoms with Crippen molar-refractivity contribution in [2.45, 2.75) is 18.9 Å². The number of anilines is 2. The molecule has 1 aliphatic heterocycles. The maximum atomic E-state index is 12.3. The largest absolute Gasteiger partial charge is 0.481 e. The molecular weight excluding hydrogens is 376 g/mol. The van der Waals surface area contributed by atoms with Crippen LogP contribution >= 0.6 is 0 Å². The number of hydroxylamine groups is 1. The molecule has 10 nitrogen and oxygen atoms in total. The van der Waals surface area contributed by atoms with Gasteiger partial charge in [0.25, 0.3) is 5.91 Å². The van der Waals surface area contributed by atoms with Crippen LogP contribution in [0.2, 0.25) is 0 Å². The quantitative estimate of drug-likeness (QED) is 0.426. The van der Waals surface area contributed by atoms with Gasteiger partial charge in [-0.1, -0.05) is 0 Å². The number of methoxy groups -OCH3 is 1. The minimum Gasteiger partial charge on any atom is -0.481 e. The molecule has 3 N–H and O–H groups in total. The first-order chi connectivity index (χ1) is 14.2. The lowest BCUT2D eigenvalue weighted by Crippen LogP contribution is -2.37. The number of aromatic nitrogens is 4. The van der Waals surface area contributed by atoms with Crippen molar-refractivity contribution >= 4 is 28.2 Å². The summed E-state index contributed by atoms with van der Waals surface area (Å²) in [6.07, 6.45) is 8.22. The highest BCUT2D eigenvalue weighted by Crippen LogP contribution is 2.30.